The van der Waals surface area contributed by atoms with E-state index < -0.39 is 0 Å². The summed E-state index contributed by atoms with van der Waals surface area (Å²) in [5.41, 5.74) is 7.64. The van der Waals surface area contributed by atoms with Gasteiger partial charge in [-0.3, -0.25) is 4.79 Å². The SMILES string of the molecule is Cc1ccc2c(c1)CC(CNCCCC(N)=O)O2. The summed E-state index contributed by atoms with van der Waals surface area (Å²) in [5, 5.41) is 3.30. The van der Waals surface area contributed by atoms with E-state index in [4.69, 9.17) is 10.5 Å². The van der Waals surface area contributed by atoms with Gasteiger partial charge in [0, 0.05) is 19.4 Å². The largest absolute Gasteiger partial charge is 0.488 e. The second kappa shape index (κ2) is 5.87. The van der Waals surface area contributed by atoms with Crippen LogP contribution in [0.5, 0.6) is 5.75 Å². The molecule has 18 heavy (non-hydrogen) atoms. The number of amides is 1. The molecule has 1 amide bonds. The molecule has 0 saturated heterocycles. The van der Waals surface area contributed by atoms with Gasteiger partial charge in [0.1, 0.15) is 11.9 Å². The molecule has 0 saturated carbocycles. The van der Waals surface area contributed by atoms with E-state index >= 15 is 0 Å². The first-order valence-corrected chi connectivity index (χ1v) is 6.40. The maximum Gasteiger partial charge on any atom is 0.217 e. The number of carbonyl (C=O) groups is 1. The molecule has 0 radical (unpaired) electrons. The van der Waals surface area contributed by atoms with Crippen molar-refractivity contribution in [2.24, 2.45) is 5.73 Å². The zero-order valence-electron chi connectivity index (χ0n) is 10.7. The Bertz CT molecular complexity index is 432. The first kappa shape index (κ1) is 12.9. The minimum atomic E-state index is -0.239. The molecule has 0 aliphatic carbocycles. The van der Waals surface area contributed by atoms with Crippen LogP contribution in [0.25, 0.3) is 0 Å². The third-order valence-corrected chi connectivity index (χ3v) is 3.11. The van der Waals surface area contributed by atoms with Crippen molar-refractivity contribution in [2.45, 2.75) is 32.3 Å². The number of fused-ring (bicyclic) bond motifs is 1. The Morgan fingerprint density at radius 1 is 1.56 bits per heavy atom. The maximum atomic E-state index is 10.6. The molecular weight excluding hydrogens is 228 g/mol. The van der Waals surface area contributed by atoms with Gasteiger partial charge < -0.3 is 15.8 Å². The number of hydrogen-bond donors (Lipinski definition) is 2. The molecule has 0 bridgehead atoms. The summed E-state index contributed by atoms with van der Waals surface area (Å²) < 4.78 is 5.84. The average Bonchev–Trinajstić information content (AvgIpc) is 2.70. The fourth-order valence-electron chi connectivity index (χ4n) is 2.21. The van der Waals surface area contributed by atoms with Crippen molar-refractivity contribution in [1.82, 2.24) is 5.32 Å². The van der Waals surface area contributed by atoms with Gasteiger partial charge in [0.15, 0.2) is 0 Å². The monoisotopic (exact) mass is 248 g/mol. The van der Waals surface area contributed by atoms with Crippen LogP contribution in [0, 0.1) is 6.92 Å². The van der Waals surface area contributed by atoms with E-state index in [0.717, 1.165) is 31.7 Å². The van der Waals surface area contributed by atoms with Crippen molar-refractivity contribution in [3.05, 3.63) is 29.3 Å². The Morgan fingerprint density at radius 3 is 3.17 bits per heavy atom. The molecule has 1 aromatic carbocycles. The van der Waals surface area contributed by atoms with Gasteiger partial charge in [0.25, 0.3) is 0 Å². The standard InChI is InChI=1S/C14H20N2O2/c1-10-4-5-13-11(7-10)8-12(18-13)9-16-6-2-3-14(15)17/h4-5,7,12,16H,2-3,6,8-9H2,1H3,(H2,15,17). The second-order valence-corrected chi connectivity index (χ2v) is 4.83. The Balaban J connectivity index is 1.70. The summed E-state index contributed by atoms with van der Waals surface area (Å²) in [6.07, 6.45) is 2.39. The zero-order valence-corrected chi connectivity index (χ0v) is 10.7. The van der Waals surface area contributed by atoms with Gasteiger partial charge in [0.2, 0.25) is 5.91 Å². The summed E-state index contributed by atoms with van der Waals surface area (Å²) in [6, 6.07) is 6.29. The van der Waals surface area contributed by atoms with Gasteiger partial charge >= 0.3 is 0 Å². The molecule has 4 heteroatoms. The zero-order chi connectivity index (χ0) is 13.0. The van der Waals surface area contributed by atoms with Crippen LogP contribution in [0.3, 0.4) is 0 Å². The van der Waals surface area contributed by atoms with Crippen LogP contribution in [0.4, 0.5) is 0 Å². The minimum Gasteiger partial charge on any atom is -0.488 e. The van der Waals surface area contributed by atoms with E-state index in [0.29, 0.717) is 6.42 Å². The van der Waals surface area contributed by atoms with Crippen molar-refractivity contribution in [1.29, 1.82) is 0 Å². The Hall–Kier alpha value is -1.55. The van der Waals surface area contributed by atoms with Crippen LogP contribution >= 0.6 is 0 Å². The molecule has 3 N–H and O–H groups in total. The van der Waals surface area contributed by atoms with E-state index in [9.17, 15) is 4.79 Å². The number of carbonyl (C=O) groups excluding carboxylic acids is 1. The Labute approximate surface area is 108 Å². The lowest BCUT2D eigenvalue weighted by molar-refractivity contribution is -0.118. The number of primary amides is 1. The highest BCUT2D eigenvalue weighted by atomic mass is 16.5. The first-order chi connectivity index (χ1) is 8.65. The molecule has 1 heterocycles. The number of ether oxygens (including phenoxy) is 1. The third kappa shape index (κ3) is 3.47. The Kier molecular flexibility index (Phi) is 4.20. The molecular formula is C14H20N2O2. The second-order valence-electron chi connectivity index (χ2n) is 4.83. The predicted molar refractivity (Wildman–Crippen MR) is 70.6 cm³/mol. The first-order valence-electron chi connectivity index (χ1n) is 6.40. The molecule has 4 nitrogen and oxygen atoms in total. The molecule has 0 aromatic heterocycles. The van der Waals surface area contributed by atoms with Gasteiger partial charge in [-0.2, -0.15) is 0 Å². The number of aryl methyl sites for hydroxylation is 1. The lowest BCUT2D eigenvalue weighted by Crippen LogP contribution is -2.31. The van der Waals surface area contributed by atoms with Crippen LogP contribution in [-0.4, -0.2) is 25.1 Å². The number of nitrogens with two attached hydrogens (primary N) is 1. The number of hydrogen-bond acceptors (Lipinski definition) is 3. The van der Waals surface area contributed by atoms with Crippen molar-refractivity contribution in [3.63, 3.8) is 0 Å². The smallest absolute Gasteiger partial charge is 0.217 e. The summed E-state index contributed by atoms with van der Waals surface area (Å²) in [5.74, 6) is 0.765. The molecule has 0 fully saturated rings. The van der Waals surface area contributed by atoms with Crippen LogP contribution in [-0.2, 0) is 11.2 Å². The van der Waals surface area contributed by atoms with Gasteiger partial charge in [-0.05, 0) is 31.5 Å². The molecule has 1 aliphatic heterocycles. The van der Waals surface area contributed by atoms with E-state index in [-0.39, 0.29) is 12.0 Å². The van der Waals surface area contributed by atoms with Crippen LogP contribution < -0.4 is 15.8 Å². The predicted octanol–water partition coefficient (Wildman–Crippen LogP) is 1.15. The topological polar surface area (TPSA) is 64.3 Å². The fourth-order valence-corrected chi connectivity index (χ4v) is 2.21. The van der Waals surface area contributed by atoms with Crippen LogP contribution in [0.1, 0.15) is 24.0 Å². The van der Waals surface area contributed by atoms with Gasteiger partial charge in [-0.1, -0.05) is 17.7 Å². The highest BCUT2D eigenvalue weighted by Gasteiger charge is 2.21. The van der Waals surface area contributed by atoms with Crippen LogP contribution in [0.15, 0.2) is 18.2 Å². The molecule has 1 atom stereocenters. The molecule has 1 aliphatic rings. The molecule has 2 rings (SSSR count). The molecule has 1 unspecified atom stereocenters. The van der Waals surface area contributed by atoms with Crippen molar-refractivity contribution < 1.29 is 9.53 Å². The average molecular weight is 248 g/mol. The van der Waals surface area contributed by atoms with E-state index in [1.165, 1.54) is 11.1 Å². The summed E-state index contributed by atoms with van der Waals surface area (Å²) in [7, 11) is 0. The molecule has 98 valence electrons. The lowest BCUT2D eigenvalue weighted by atomic mass is 10.1. The van der Waals surface area contributed by atoms with Gasteiger partial charge in [-0.25, -0.2) is 0 Å². The van der Waals surface area contributed by atoms with Crippen LogP contribution in [0.2, 0.25) is 0 Å². The van der Waals surface area contributed by atoms with E-state index in [1.54, 1.807) is 0 Å². The number of nitrogens with one attached hydrogen (secondary N) is 1. The van der Waals surface area contributed by atoms with Crippen molar-refractivity contribution in [2.75, 3.05) is 13.1 Å². The van der Waals surface area contributed by atoms with E-state index in [2.05, 4.69) is 24.4 Å². The normalized spacial score (nSPS) is 17.3. The lowest BCUT2D eigenvalue weighted by Gasteiger charge is -2.11. The third-order valence-electron chi connectivity index (χ3n) is 3.11. The number of benzene rings is 1. The summed E-state index contributed by atoms with van der Waals surface area (Å²) in [4.78, 5) is 10.6. The number of rotatable bonds is 6. The Morgan fingerprint density at radius 2 is 2.39 bits per heavy atom. The van der Waals surface area contributed by atoms with E-state index in [1.807, 2.05) is 6.07 Å². The summed E-state index contributed by atoms with van der Waals surface area (Å²) in [6.45, 7) is 3.71. The highest BCUT2D eigenvalue weighted by molar-refractivity contribution is 5.73. The molecule has 1 aromatic rings. The fraction of sp³-hybridized carbons (Fsp3) is 0.500. The molecule has 0 spiro atoms. The van der Waals surface area contributed by atoms with Gasteiger partial charge in [0.05, 0.1) is 0 Å². The minimum absolute atomic E-state index is 0.204. The summed E-state index contributed by atoms with van der Waals surface area (Å²) >= 11 is 0. The quantitative estimate of drug-likeness (QED) is 0.742. The maximum absolute atomic E-state index is 10.6. The van der Waals surface area contributed by atoms with Crippen molar-refractivity contribution in [3.8, 4) is 5.75 Å². The van der Waals surface area contributed by atoms with Crippen molar-refractivity contribution >= 4 is 5.91 Å². The van der Waals surface area contributed by atoms with Gasteiger partial charge in [-0.15, -0.1) is 0 Å². The highest BCUT2D eigenvalue weighted by Crippen LogP contribution is 2.29.